The summed E-state index contributed by atoms with van der Waals surface area (Å²) in [6.45, 7) is 0.0122. The number of furan rings is 1. The van der Waals surface area contributed by atoms with E-state index in [9.17, 15) is 14.4 Å². The number of hydrogen-bond donors (Lipinski definition) is 0. The molecule has 0 aliphatic carbocycles. The van der Waals surface area contributed by atoms with Gasteiger partial charge in [0.05, 0.1) is 39.1 Å². The molecule has 1 atom stereocenters. The zero-order valence-electron chi connectivity index (χ0n) is 18.0. The Balaban J connectivity index is 1.69. The van der Waals surface area contributed by atoms with Crippen LogP contribution in [-0.4, -0.2) is 42.9 Å². The summed E-state index contributed by atoms with van der Waals surface area (Å²) in [5, 5.41) is 0.484. The van der Waals surface area contributed by atoms with E-state index in [1.54, 1.807) is 48.5 Å². The number of carbonyl (C=O) groups excluding carboxylic acids is 3. The average molecular weight is 469 g/mol. The summed E-state index contributed by atoms with van der Waals surface area (Å²) in [5.41, 5.74) is 0.679. The van der Waals surface area contributed by atoms with Crippen LogP contribution in [0.2, 0.25) is 5.02 Å². The lowest BCUT2D eigenvalue weighted by Crippen LogP contribution is -2.45. The molecule has 0 radical (unpaired) electrons. The van der Waals surface area contributed by atoms with Crippen LogP contribution in [0.25, 0.3) is 0 Å². The second-order valence-electron chi connectivity index (χ2n) is 7.35. The van der Waals surface area contributed by atoms with Crippen molar-refractivity contribution >= 4 is 35.0 Å². The summed E-state index contributed by atoms with van der Waals surface area (Å²) < 4.78 is 16.0. The molecule has 1 aromatic heterocycles. The quantitative estimate of drug-likeness (QED) is 0.488. The Labute approximate surface area is 195 Å². The average Bonchev–Trinajstić information content (AvgIpc) is 3.44. The molecule has 9 heteroatoms. The Morgan fingerprint density at radius 2 is 1.82 bits per heavy atom. The highest BCUT2D eigenvalue weighted by atomic mass is 35.5. The fraction of sp³-hybridized carbons (Fsp3) is 0.208. The molecule has 3 aromatic rings. The molecule has 2 heterocycles. The molecule has 0 bridgehead atoms. The van der Waals surface area contributed by atoms with Crippen LogP contribution in [0.15, 0.2) is 65.3 Å². The van der Waals surface area contributed by atoms with E-state index in [2.05, 4.69) is 0 Å². The Kier molecular flexibility index (Phi) is 6.37. The van der Waals surface area contributed by atoms with E-state index in [1.165, 1.54) is 31.4 Å². The summed E-state index contributed by atoms with van der Waals surface area (Å²) in [7, 11) is 2.96. The molecule has 2 aromatic carbocycles. The first-order valence-corrected chi connectivity index (χ1v) is 10.5. The summed E-state index contributed by atoms with van der Waals surface area (Å²) in [4.78, 5) is 42.1. The van der Waals surface area contributed by atoms with Crippen molar-refractivity contribution in [1.82, 2.24) is 4.90 Å². The molecule has 3 amide bonds. The van der Waals surface area contributed by atoms with Crippen LogP contribution in [0.5, 0.6) is 11.5 Å². The number of nitrogens with zero attached hydrogens (tertiary/aromatic N) is 2. The topological polar surface area (TPSA) is 89.3 Å². The minimum Gasteiger partial charge on any atom is -0.493 e. The normalized spacial score (nSPS) is 15.6. The summed E-state index contributed by atoms with van der Waals surface area (Å²) in [6.07, 6.45) is 1.33. The van der Waals surface area contributed by atoms with E-state index in [0.717, 1.165) is 4.90 Å². The zero-order valence-corrected chi connectivity index (χ0v) is 18.7. The van der Waals surface area contributed by atoms with Crippen LogP contribution >= 0.6 is 11.6 Å². The highest BCUT2D eigenvalue weighted by Crippen LogP contribution is 2.31. The van der Waals surface area contributed by atoms with Gasteiger partial charge in [-0.25, -0.2) is 4.90 Å². The molecule has 0 N–H and O–H groups in total. The lowest BCUT2D eigenvalue weighted by molar-refractivity contribution is -0.122. The second kappa shape index (κ2) is 9.38. The molecule has 1 aliphatic rings. The molecule has 1 aliphatic heterocycles. The van der Waals surface area contributed by atoms with Gasteiger partial charge >= 0.3 is 0 Å². The van der Waals surface area contributed by atoms with Crippen LogP contribution < -0.4 is 14.4 Å². The minimum atomic E-state index is -1.00. The molecule has 1 saturated heterocycles. The van der Waals surface area contributed by atoms with Gasteiger partial charge in [-0.1, -0.05) is 11.6 Å². The first kappa shape index (κ1) is 22.4. The van der Waals surface area contributed by atoms with Gasteiger partial charge in [-0.05, 0) is 54.6 Å². The van der Waals surface area contributed by atoms with Crippen molar-refractivity contribution in [2.45, 2.75) is 19.0 Å². The van der Waals surface area contributed by atoms with Gasteiger partial charge in [-0.15, -0.1) is 0 Å². The predicted octanol–water partition coefficient (Wildman–Crippen LogP) is 3.92. The number of anilines is 1. The van der Waals surface area contributed by atoms with Crippen molar-refractivity contribution in [2.75, 3.05) is 19.1 Å². The lowest BCUT2D eigenvalue weighted by Gasteiger charge is -2.27. The monoisotopic (exact) mass is 468 g/mol. The number of hydrogen-bond acceptors (Lipinski definition) is 6. The predicted molar refractivity (Wildman–Crippen MR) is 120 cm³/mol. The SMILES string of the molecule is COc1ccc(C(=O)N(Cc2ccco2)C2CC(=O)N(c3ccc(Cl)cc3)C2=O)cc1OC. The Morgan fingerprint density at radius 1 is 1.09 bits per heavy atom. The highest BCUT2D eigenvalue weighted by molar-refractivity contribution is 6.31. The molecule has 4 rings (SSSR count). The summed E-state index contributed by atoms with van der Waals surface area (Å²) in [5.74, 6) is -0.0318. The number of methoxy groups -OCH3 is 2. The van der Waals surface area contributed by atoms with Gasteiger partial charge in [0.1, 0.15) is 11.8 Å². The molecule has 33 heavy (non-hydrogen) atoms. The van der Waals surface area contributed by atoms with Gasteiger partial charge in [0.25, 0.3) is 11.8 Å². The maximum atomic E-state index is 13.6. The molecular weight excluding hydrogens is 448 g/mol. The third-order valence-corrected chi connectivity index (χ3v) is 5.63. The largest absolute Gasteiger partial charge is 0.493 e. The van der Waals surface area contributed by atoms with E-state index in [0.29, 0.717) is 28.0 Å². The smallest absolute Gasteiger partial charge is 0.257 e. The van der Waals surface area contributed by atoms with Gasteiger partial charge in [0.2, 0.25) is 5.91 Å². The Morgan fingerprint density at radius 3 is 2.45 bits per heavy atom. The maximum absolute atomic E-state index is 13.6. The standard InChI is InChI=1S/C24H21ClN2O6/c1-31-20-10-5-15(12-21(20)32-2)23(29)26(14-18-4-3-11-33-18)19-13-22(28)27(24(19)30)17-8-6-16(25)7-9-17/h3-12,19H,13-14H2,1-2H3. The van der Waals surface area contributed by atoms with Crippen molar-refractivity contribution < 1.29 is 28.3 Å². The molecule has 0 saturated carbocycles. The van der Waals surface area contributed by atoms with Gasteiger partial charge in [0.15, 0.2) is 11.5 Å². The minimum absolute atomic E-state index is 0.0122. The van der Waals surface area contributed by atoms with Crippen molar-refractivity contribution in [3.63, 3.8) is 0 Å². The highest BCUT2D eigenvalue weighted by Gasteiger charge is 2.44. The zero-order chi connectivity index (χ0) is 23.5. The molecule has 1 unspecified atom stereocenters. The van der Waals surface area contributed by atoms with Crippen molar-refractivity contribution in [3.05, 3.63) is 77.2 Å². The number of carbonyl (C=O) groups is 3. The van der Waals surface area contributed by atoms with Crippen LogP contribution in [0, 0.1) is 0 Å². The van der Waals surface area contributed by atoms with Crippen molar-refractivity contribution in [1.29, 1.82) is 0 Å². The molecule has 0 spiro atoms. The number of rotatable bonds is 7. The number of ether oxygens (including phenoxy) is 2. The fourth-order valence-electron chi connectivity index (χ4n) is 3.75. The molecule has 8 nitrogen and oxygen atoms in total. The molecule has 1 fully saturated rings. The lowest BCUT2D eigenvalue weighted by atomic mass is 10.1. The van der Waals surface area contributed by atoms with E-state index >= 15 is 0 Å². The van der Waals surface area contributed by atoms with E-state index in [-0.39, 0.29) is 18.5 Å². The first-order valence-electron chi connectivity index (χ1n) is 10.1. The fourth-order valence-corrected chi connectivity index (χ4v) is 3.88. The maximum Gasteiger partial charge on any atom is 0.257 e. The Bertz CT molecular complexity index is 1180. The molecular formula is C24H21ClN2O6. The van der Waals surface area contributed by atoms with Crippen LogP contribution in [0.1, 0.15) is 22.5 Å². The van der Waals surface area contributed by atoms with Gasteiger partial charge < -0.3 is 18.8 Å². The Hall–Kier alpha value is -3.78. The van der Waals surface area contributed by atoms with Gasteiger partial charge in [0, 0.05) is 10.6 Å². The number of amides is 3. The number of imide groups is 1. The van der Waals surface area contributed by atoms with E-state index in [1.807, 2.05) is 0 Å². The van der Waals surface area contributed by atoms with Gasteiger partial charge in [-0.3, -0.25) is 14.4 Å². The van der Waals surface area contributed by atoms with Crippen molar-refractivity contribution in [3.8, 4) is 11.5 Å². The van der Waals surface area contributed by atoms with Gasteiger partial charge in [-0.2, -0.15) is 0 Å². The summed E-state index contributed by atoms with van der Waals surface area (Å²) >= 11 is 5.93. The number of halogens is 1. The third kappa shape index (κ3) is 4.42. The van der Waals surface area contributed by atoms with E-state index < -0.39 is 23.8 Å². The van der Waals surface area contributed by atoms with E-state index in [4.69, 9.17) is 25.5 Å². The van der Waals surface area contributed by atoms with Crippen molar-refractivity contribution in [2.24, 2.45) is 0 Å². The second-order valence-corrected chi connectivity index (χ2v) is 7.78. The number of benzene rings is 2. The third-order valence-electron chi connectivity index (χ3n) is 5.38. The summed E-state index contributed by atoms with van der Waals surface area (Å²) in [6, 6.07) is 13.5. The first-order chi connectivity index (χ1) is 15.9. The van der Waals surface area contributed by atoms with Crippen LogP contribution in [0.3, 0.4) is 0 Å². The van der Waals surface area contributed by atoms with Crippen LogP contribution in [0.4, 0.5) is 5.69 Å². The van der Waals surface area contributed by atoms with Crippen LogP contribution in [-0.2, 0) is 16.1 Å². The molecule has 170 valence electrons.